The Bertz CT molecular complexity index is 519. The molecule has 0 aromatic heterocycles. The van der Waals surface area contributed by atoms with Crippen molar-refractivity contribution in [1.82, 2.24) is 0 Å². The van der Waals surface area contributed by atoms with Crippen molar-refractivity contribution in [3.05, 3.63) is 0 Å². The molecule has 1 unspecified atom stereocenters. The third-order valence-electron chi connectivity index (χ3n) is 12.1. The van der Waals surface area contributed by atoms with E-state index in [1.165, 1.54) is 161 Å². The van der Waals surface area contributed by atoms with Crippen molar-refractivity contribution in [3.8, 4) is 0 Å². The zero-order valence-corrected chi connectivity index (χ0v) is 34.3. The van der Waals surface area contributed by atoms with Crippen LogP contribution in [0.25, 0.3) is 0 Å². The van der Waals surface area contributed by atoms with Crippen molar-refractivity contribution in [3.63, 3.8) is 0 Å². The standard InChI is InChI=1S/C44H93P/c1-8-15-22-26-29-33-40-45(41-34-30-27-23-16-9-2,42-35-31-28-24-17-10-3)44(38-20-13-6,39-21-14-7)43(36-19-12-5)37-32-25-18-11-4/h43,45H,8-42H2,1-7H3. The van der Waals surface area contributed by atoms with Crippen molar-refractivity contribution in [1.29, 1.82) is 0 Å². The Morgan fingerprint density at radius 2 is 0.600 bits per heavy atom. The summed E-state index contributed by atoms with van der Waals surface area (Å²) in [6.07, 6.45) is 52.6. The summed E-state index contributed by atoms with van der Waals surface area (Å²) in [6.45, 7) is 17.0. The molecule has 0 aliphatic rings. The van der Waals surface area contributed by atoms with E-state index >= 15 is 0 Å². The summed E-state index contributed by atoms with van der Waals surface area (Å²) in [5.41, 5.74) is 0. The van der Waals surface area contributed by atoms with Crippen molar-refractivity contribution in [2.24, 2.45) is 5.92 Å². The van der Waals surface area contributed by atoms with Gasteiger partial charge in [-0.05, 0) is 0 Å². The Morgan fingerprint density at radius 1 is 0.311 bits per heavy atom. The average Bonchev–Trinajstić information content (AvgIpc) is 3.05. The summed E-state index contributed by atoms with van der Waals surface area (Å²) in [5.74, 6) is 1.01. The van der Waals surface area contributed by atoms with E-state index in [1.807, 2.05) is 0 Å². The quantitative estimate of drug-likeness (QED) is 0.0463. The van der Waals surface area contributed by atoms with Gasteiger partial charge >= 0.3 is 291 Å². The van der Waals surface area contributed by atoms with Crippen molar-refractivity contribution < 1.29 is 0 Å². The Labute approximate surface area is 290 Å². The SMILES string of the molecule is CCCCCCCC[PH](CCCCCCCC)(CCCCCCCC)C(CCCC)(CCCC)C(CCCC)CCCCCC. The topological polar surface area (TPSA) is 0 Å². The van der Waals surface area contributed by atoms with Crippen LogP contribution in [0.3, 0.4) is 0 Å². The third kappa shape index (κ3) is 20.5. The maximum atomic E-state index is 2.51. The van der Waals surface area contributed by atoms with Gasteiger partial charge in [0.2, 0.25) is 0 Å². The molecular formula is C44H93P. The van der Waals surface area contributed by atoms with Crippen LogP contribution < -0.4 is 0 Å². The first-order valence-corrected chi connectivity index (χ1v) is 24.7. The molecule has 0 spiro atoms. The predicted molar refractivity (Wildman–Crippen MR) is 217 cm³/mol. The first-order chi connectivity index (χ1) is 22.1. The van der Waals surface area contributed by atoms with E-state index in [-0.39, 0.29) is 0 Å². The average molecular weight is 653 g/mol. The molecule has 0 amide bonds. The molecule has 0 fully saturated rings. The summed E-state index contributed by atoms with van der Waals surface area (Å²) in [5, 5.41) is 0.705. The van der Waals surface area contributed by atoms with Gasteiger partial charge in [-0.25, -0.2) is 0 Å². The Balaban J connectivity index is 6.73. The van der Waals surface area contributed by atoms with Crippen LogP contribution in [0.15, 0.2) is 0 Å². The van der Waals surface area contributed by atoms with Gasteiger partial charge in [-0.15, -0.1) is 0 Å². The molecule has 1 heteroatoms. The molecule has 0 radical (unpaired) electrons. The molecule has 274 valence electrons. The minimum atomic E-state index is -1.54. The van der Waals surface area contributed by atoms with E-state index < -0.39 is 7.26 Å². The molecule has 0 aliphatic heterocycles. The van der Waals surface area contributed by atoms with E-state index in [9.17, 15) is 0 Å². The van der Waals surface area contributed by atoms with Gasteiger partial charge in [-0.2, -0.15) is 0 Å². The number of hydrogen-bond acceptors (Lipinski definition) is 0. The summed E-state index contributed by atoms with van der Waals surface area (Å²) in [6, 6.07) is 0. The Hall–Kier alpha value is 0.430. The molecule has 0 N–H and O–H groups in total. The summed E-state index contributed by atoms with van der Waals surface area (Å²) in [7, 11) is -1.54. The van der Waals surface area contributed by atoms with Gasteiger partial charge in [0.05, 0.1) is 0 Å². The molecule has 0 saturated carbocycles. The molecule has 0 rings (SSSR count). The van der Waals surface area contributed by atoms with E-state index in [0.29, 0.717) is 5.16 Å². The maximum absolute atomic E-state index is 2.51. The first kappa shape index (κ1) is 45.4. The molecule has 0 heterocycles. The van der Waals surface area contributed by atoms with Gasteiger partial charge in [-0.3, -0.25) is 0 Å². The van der Waals surface area contributed by atoms with E-state index in [0.717, 1.165) is 5.92 Å². The normalized spacial score (nSPS) is 13.5. The monoisotopic (exact) mass is 653 g/mol. The van der Waals surface area contributed by atoms with Crippen LogP contribution in [-0.2, 0) is 0 Å². The minimum absolute atomic E-state index is 0.705. The Kier molecular flexibility index (Phi) is 33.3. The zero-order valence-electron chi connectivity index (χ0n) is 33.3. The van der Waals surface area contributed by atoms with Crippen LogP contribution in [0.2, 0.25) is 0 Å². The molecular weight excluding hydrogens is 559 g/mol. The van der Waals surface area contributed by atoms with Gasteiger partial charge in [0, 0.05) is 0 Å². The predicted octanol–water partition coefficient (Wildman–Crippen LogP) is 16.7. The van der Waals surface area contributed by atoms with Gasteiger partial charge < -0.3 is 0 Å². The van der Waals surface area contributed by atoms with Gasteiger partial charge in [0.25, 0.3) is 0 Å². The van der Waals surface area contributed by atoms with Crippen LogP contribution >= 0.6 is 7.26 Å². The summed E-state index contributed by atoms with van der Waals surface area (Å²) >= 11 is 0. The fourth-order valence-electron chi connectivity index (χ4n) is 9.30. The molecule has 0 aromatic carbocycles. The van der Waals surface area contributed by atoms with E-state index in [2.05, 4.69) is 48.5 Å². The van der Waals surface area contributed by atoms with E-state index in [1.54, 1.807) is 63.4 Å². The van der Waals surface area contributed by atoms with Gasteiger partial charge in [-0.1, -0.05) is 0 Å². The summed E-state index contributed by atoms with van der Waals surface area (Å²) in [4.78, 5) is 0. The number of hydrogen-bond donors (Lipinski definition) is 0. The van der Waals surface area contributed by atoms with Gasteiger partial charge in [0.15, 0.2) is 0 Å². The first-order valence-electron chi connectivity index (χ1n) is 22.1. The Morgan fingerprint density at radius 3 is 0.956 bits per heavy atom. The molecule has 0 aromatic rings. The molecule has 0 bridgehead atoms. The van der Waals surface area contributed by atoms with Crippen LogP contribution in [0.1, 0.15) is 254 Å². The van der Waals surface area contributed by atoms with E-state index in [4.69, 9.17) is 0 Å². The fourth-order valence-corrected chi connectivity index (χ4v) is 16.9. The third-order valence-corrected chi connectivity index (χ3v) is 19.1. The van der Waals surface area contributed by atoms with Crippen molar-refractivity contribution in [2.75, 3.05) is 18.5 Å². The molecule has 45 heavy (non-hydrogen) atoms. The number of rotatable bonds is 37. The van der Waals surface area contributed by atoms with Crippen molar-refractivity contribution in [2.45, 2.75) is 259 Å². The molecule has 0 saturated heterocycles. The van der Waals surface area contributed by atoms with Crippen LogP contribution in [0, 0.1) is 5.92 Å². The van der Waals surface area contributed by atoms with Gasteiger partial charge in [0.1, 0.15) is 0 Å². The van der Waals surface area contributed by atoms with Crippen LogP contribution in [-0.4, -0.2) is 23.6 Å². The fraction of sp³-hybridized carbons (Fsp3) is 1.00. The zero-order chi connectivity index (χ0) is 33.3. The van der Waals surface area contributed by atoms with Crippen LogP contribution in [0.5, 0.6) is 0 Å². The summed E-state index contributed by atoms with van der Waals surface area (Å²) < 4.78 is 0. The second kappa shape index (κ2) is 33.0. The molecule has 1 atom stereocenters. The van der Waals surface area contributed by atoms with Crippen molar-refractivity contribution >= 4 is 7.26 Å². The number of unbranched alkanes of at least 4 members (excludes halogenated alkanes) is 21. The van der Waals surface area contributed by atoms with Crippen LogP contribution in [0.4, 0.5) is 0 Å². The molecule has 0 nitrogen and oxygen atoms in total. The second-order valence-electron chi connectivity index (χ2n) is 15.9. The molecule has 0 aliphatic carbocycles. The second-order valence-corrected chi connectivity index (χ2v) is 20.9.